The number of carbonyl (C=O) groups excluding carboxylic acids is 1. The minimum absolute atomic E-state index is 0.0935. The van der Waals surface area contributed by atoms with Crippen molar-refractivity contribution in [3.63, 3.8) is 0 Å². The molecule has 1 aliphatic rings. The molecule has 0 spiro atoms. The zero-order valence-electron chi connectivity index (χ0n) is 14.0. The first kappa shape index (κ1) is 16.8. The van der Waals surface area contributed by atoms with Crippen LogP contribution in [-0.2, 0) is 20.5 Å². The number of aryl methyl sites for hydroxylation is 1. The second-order valence-corrected chi connectivity index (χ2v) is 6.50. The Morgan fingerprint density at radius 2 is 1.77 bits per heavy atom. The first-order chi connectivity index (χ1) is 10.1. The van der Waals surface area contributed by atoms with Gasteiger partial charge in [-0.15, -0.1) is 0 Å². The van der Waals surface area contributed by atoms with Gasteiger partial charge in [-0.25, -0.2) is 4.79 Å². The summed E-state index contributed by atoms with van der Waals surface area (Å²) in [6.45, 7) is 9.86. The van der Waals surface area contributed by atoms with E-state index in [9.17, 15) is 9.90 Å². The summed E-state index contributed by atoms with van der Waals surface area (Å²) in [6, 6.07) is 3.18. The lowest BCUT2D eigenvalue weighted by atomic mass is 9.74. The van der Waals surface area contributed by atoms with Crippen LogP contribution in [0.2, 0.25) is 0 Å². The third-order valence-electron chi connectivity index (χ3n) is 4.55. The van der Waals surface area contributed by atoms with Gasteiger partial charge < -0.3 is 19.2 Å². The molecule has 0 aliphatic carbocycles. The van der Waals surface area contributed by atoms with Gasteiger partial charge in [-0.1, -0.05) is 6.92 Å². The Hall–Kier alpha value is -1.53. The number of rotatable bonds is 3. The molecule has 6 heteroatoms. The highest BCUT2D eigenvalue weighted by molar-refractivity contribution is 6.62. The summed E-state index contributed by atoms with van der Waals surface area (Å²) in [7, 11) is 0.702. The average molecular weight is 306 g/mol. The molecule has 0 amide bonds. The molecular weight excluding hydrogens is 283 g/mol. The first-order valence-electron chi connectivity index (χ1n) is 7.42. The van der Waals surface area contributed by atoms with Gasteiger partial charge in [0, 0.05) is 0 Å². The van der Waals surface area contributed by atoms with E-state index in [1.54, 1.807) is 12.1 Å². The molecule has 2 rings (SSSR count). The van der Waals surface area contributed by atoms with Gasteiger partial charge >= 0.3 is 13.1 Å². The maximum atomic E-state index is 11.8. The Morgan fingerprint density at radius 3 is 2.23 bits per heavy atom. The van der Waals surface area contributed by atoms with Crippen molar-refractivity contribution in [2.75, 3.05) is 7.11 Å². The highest BCUT2D eigenvalue weighted by Gasteiger charge is 2.52. The molecule has 1 aliphatic heterocycles. The number of phenols is 1. The monoisotopic (exact) mass is 306 g/mol. The number of hydrogen-bond acceptors (Lipinski definition) is 5. The normalized spacial score (nSPS) is 19.3. The lowest BCUT2D eigenvalue weighted by Crippen LogP contribution is -2.41. The molecular formula is C16H23BO5. The standard InChI is InChI=1S/C16H23BO5/c1-7-10-8-13(18)11(14(19)20-6)9-12(10)17-21-15(2,3)16(4,5)22-17/h8-9,18H,7H2,1-6H3. The van der Waals surface area contributed by atoms with E-state index < -0.39 is 24.3 Å². The van der Waals surface area contributed by atoms with Crippen LogP contribution in [0.1, 0.15) is 50.5 Å². The quantitative estimate of drug-likeness (QED) is 0.684. The van der Waals surface area contributed by atoms with Crippen LogP contribution in [0.25, 0.3) is 0 Å². The van der Waals surface area contributed by atoms with Gasteiger partial charge in [-0.05, 0) is 57.3 Å². The third-order valence-corrected chi connectivity index (χ3v) is 4.55. The number of hydrogen-bond donors (Lipinski definition) is 1. The minimum atomic E-state index is -0.585. The van der Waals surface area contributed by atoms with E-state index in [2.05, 4.69) is 0 Å². The van der Waals surface area contributed by atoms with Crippen molar-refractivity contribution >= 4 is 18.6 Å². The summed E-state index contributed by atoms with van der Waals surface area (Å²) in [5.74, 6) is -0.679. The highest BCUT2D eigenvalue weighted by Crippen LogP contribution is 2.37. The minimum Gasteiger partial charge on any atom is -0.507 e. The summed E-state index contributed by atoms with van der Waals surface area (Å²) in [6.07, 6.45) is 0.689. The van der Waals surface area contributed by atoms with E-state index >= 15 is 0 Å². The van der Waals surface area contributed by atoms with Crippen molar-refractivity contribution in [3.05, 3.63) is 23.3 Å². The van der Waals surface area contributed by atoms with Gasteiger partial charge in [0.1, 0.15) is 11.3 Å². The summed E-state index contributed by atoms with van der Waals surface area (Å²) in [5, 5.41) is 10.0. The van der Waals surface area contributed by atoms with Crippen LogP contribution in [0, 0.1) is 0 Å². The second kappa shape index (κ2) is 5.59. The van der Waals surface area contributed by atoms with Crippen LogP contribution in [0.4, 0.5) is 0 Å². The number of carbonyl (C=O) groups is 1. The van der Waals surface area contributed by atoms with Crippen LogP contribution in [0.15, 0.2) is 12.1 Å². The van der Waals surface area contributed by atoms with Crippen molar-refractivity contribution in [2.45, 2.75) is 52.2 Å². The van der Waals surface area contributed by atoms with Gasteiger partial charge in [-0.3, -0.25) is 0 Å². The SMILES string of the molecule is CCc1cc(O)c(C(=O)OC)cc1B1OC(C)(C)C(C)(C)O1. The smallest absolute Gasteiger partial charge is 0.495 e. The Kier molecular flexibility index (Phi) is 4.28. The lowest BCUT2D eigenvalue weighted by Gasteiger charge is -2.32. The predicted octanol–water partition coefficient (Wildman–Crippen LogP) is 2.04. The van der Waals surface area contributed by atoms with Crippen molar-refractivity contribution in [3.8, 4) is 5.75 Å². The maximum absolute atomic E-state index is 11.8. The van der Waals surface area contributed by atoms with Crippen molar-refractivity contribution in [1.82, 2.24) is 0 Å². The topological polar surface area (TPSA) is 65.0 Å². The van der Waals surface area contributed by atoms with E-state index in [0.717, 1.165) is 11.0 Å². The Morgan fingerprint density at radius 1 is 1.23 bits per heavy atom. The summed E-state index contributed by atoms with van der Waals surface area (Å²) >= 11 is 0. The second-order valence-electron chi connectivity index (χ2n) is 6.50. The zero-order valence-corrected chi connectivity index (χ0v) is 14.0. The maximum Gasteiger partial charge on any atom is 0.495 e. The molecule has 1 fully saturated rings. The lowest BCUT2D eigenvalue weighted by molar-refractivity contribution is 0.00578. The fourth-order valence-electron chi connectivity index (χ4n) is 2.42. The van der Waals surface area contributed by atoms with E-state index in [-0.39, 0.29) is 11.3 Å². The number of methoxy groups -OCH3 is 1. The molecule has 1 aromatic rings. The van der Waals surface area contributed by atoms with E-state index in [1.165, 1.54) is 7.11 Å². The first-order valence-corrected chi connectivity index (χ1v) is 7.42. The predicted molar refractivity (Wildman–Crippen MR) is 84.5 cm³/mol. The van der Waals surface area contributed by atoms with Crippen molar-refractivity contribution in [2.24, 2.45) is 0 Å². The number of aromatic hydroxyl groups is 1. The Labute approximate surface area is 131 Å². The molecule has 0 bridgehead atoms. The van der Waals surface area contributed by atoms with Gasteiger partial charge in [0.25, 0.3) is 0 Å². The molecule has 0 radical (unpaired) electrons. The van der Waals surface area contributed by atoms with Crippen LogP contribution in [-0.4, -0.2) is 36.5 Å². The number of phenolic OH excluding ortho intramolecular Hbond substituents is 1. The van der Waals surface area contributed by atoms with Crippen molar-refractivity contribution < 1.29 is 23.9 Å². The molecule has 120 valence electrons. The molecule has 0 atom stereocenters. The van der Waals surface area contributed by atoms with Crippen LogP contribution >= 0.6 is 0 Å². The van der Waals surface area contributed by atoms with Crippen molar-refractivity contribution in [1.29, 1.82) is 0 Å². The average Bonchev–Trinajstić information content (AvgIpc) is 2.66. The molecule has 1 N–H and O–H groups in total. The molecule has 22 heavy (non-hydrogen) atoms. The van der Waals surface area contributed by atoms with Gasteiger partial charge in [0.2, 0.25) is 0 Å². The summed E-state index contributed by atoms with van der Waals surface area (Å²) in [5.41, 5.74) is 0.810. The number of ether oxygens (including phenoxy) is 1. The Bertz CT molecular complexity index is 578. The largest absolute Gasteiger partial charge is 0.507 e. The summed E-state index contributed by atoms with van der Waals surface area (Å²) < 4.78 is 16.8. The number of esters is 1. The summed E-state index contributed by atoms with van der Waals surface area (Å²) in [4.78, 5) is 11.8. The van der Waals surface area contributed by atoms with E-state index in [1.807, 2.05) is 34.6 Å². The molecule has 1 saturated heterocycles. The van der Waals surface area contributed by atoms with Gasteiger partial charge in [-0.2, -0.15) is 0 Å². The van der Waals surface area contributed by atoms with Crippen LogP contribution < -0.4 is 5.46 Å². The van der Waals surface area contributed by atoms with Crippen LogP contribution in [0.3, 0.4) is 0 Å². The Balaban J connectivity index is 2.49. The molecule has 0 saturated carbocycles. The highest BCUT2D eigenvalue weighted by atomic mass is 16.7. The molecule has 1 heterocycles. The molecule has 5 nitrogen and oxygen atoms in total. The molecule has 0 aromatic heterocycles. The number of benzene rings is 1. The fourth-order valence-corrected chi connectivity index (χ4v) is 2.42. The fraction of sp³-hybridized carbons (Fsp3) is 0.562. The molecule has 0 unspecified atom stereocenters. The van der Waals surface area contributed by atoms with E-state index in [0.29, 0.717) is 6.42 Å². The van der Waals surface area contributed by atoms with Gasteiger partial charge in [0.05, 0.1) is 18.3 Å². The van der Waals surface area contributed by atoms with E-state index in [4.69, 9.17) is 14.0 Å². The molecule has 1 aromatic carbocycles. The van der Waals surface area contributed by atoms with Crippen LogP contribution in [0.5, 0.6) is 5.75 Å². The van der Waals surface area contributed by atoms with Gasteiger partial charge in [0.15, 0.2) is 0 Å². The zero-order chi connectivity index (χ0) is 16.7. The third kappa shape index (κ3) is 2.73.